The SMILES string of the molecule is O=C(CCCOc1ccccc1Cl)N1CCN(C(=O)c2cc(O)c(O)c(O)c2)CC1. The van der Waals surface area contributed by atoms with Crippen molar-refractivity contribution in [2.75, 3.05) is 32.8 Å². The Balaban J connectivity index is 1.44. The minimum absolute atomic E-state index is 0.00946. The Morgan fingerprint density at radius 3 is 2.20 bits per heavy atom. The van der Waals surface area contributed by atoms with E-state index >= 15 is 0 Å². The van der Waals surface area contributed by atoms with Crippen LogP contribution >= 0.6 is 11.6 Å². The number of benzene rings is 2. The summed E-state index contributed by atoms with van der Waals surface area (Å²) in [6.07, 6.45) is 0.882. The molecular formula is C21H23ClN2O6. The molecule has 1 saturated heterocycles. The van der Waals surface area contributed by atoms with Gasteiger partial charge in [0.15, 0.2) is 17.2 Å². The van der Waals surface area contributed by atoms with Crippen LogP contribution in [-0.4, -0.2) is 69.7 Å². The number of phenols is 3. The van der Waals surface area contributed by atoms with E-state index in [0.29, 0.717) is 56.4 Å². The van der Waals surface area contributed by atoms with E-state index in [1.165, 1.54) is 4.90 Å². The lowest BCUT2D eigenvalue weighted by molar-refractivity contribution is -0.132. The fourth-order valence-electron chi connectivity index (χ4n) is 3.19. The van der Waals surface area contributed by atoms with Crippen molar-refractivity contribution < 1.29 is 29.6 Å². The van der Waals surface area contributed by atoms with Crippen LogP contribution < -0.4 is 4.74 Å². The zero-order valence-corrected chi connectivity index (χ0v) is 17.0. The Morgan fingerprint density at radius 2 is 1.57 bits per heavy atom. The fourth-order valence-corrected chi connectivity index (χ4v) is 3.38. The maximum atomic E-state index is 12.6. The van der Waals surface area contributed by atoms with Crippen LogP contribution in [0.3, 0.4) is 0 Å². The highest BCUT2D eigenvalue weighted by atomic mass is 35.5. The number of piperazine rings is 1. The number of hydrogen-bond donors (Lipinski definition) is 3. The summed E-state index contributed by atoms with van der Waals surface area (Å²) in [5.74, 6) is -1.60. The molecule has 0 bridgehead atoms. The van der Waals surface area contributed by atoms with Crippen molar-refractivity contribution in [2.45, 2.75) is 12.8 Å². The third-order valence-electron chi connectivity index (χ3n) is 4.87. The van der Waals surface area contributed by atoms with E-state index in [9.17, 15) is 24.9 Å². The molecule has 30 heavy (non-hydrogen) atoms. The number of amides is 2. The number of phenolic OH excluding ortho intramolecular Hbond substituents is 3. The van der Waals surface area contributed by atoms with Gasteiger partial charge in [-0.05, 0) is 30.7 Å². The maximum absolute atomic E-state index is 12.6. The molecule has 0 aromatic heterocycles. The standard InChI is InChI=1S/C21H23ClN2O6/c22-15-4-1-2-5-18(15)30-11-3-6-19(27)23-7-9-24(10-8-23)21(29)14-12-16(25)20(28)17(26)13-14/h1-2,4-5,12-13,25-26,28H,3,6-11H2. The molecule has 0 atom stereocenters. The first-order valence-electron chi connectivity index (χ1n) is 9.56. The number of ether oxygens (including phenoxy) is 1. The summed E-state index contributed by atoms with van der Waals surface area (Å²) in [5, 5.41) is 29.1. The van der Waals surface area contributed by atoms with Gasteiger partial charge in [-0.25, -0.2) is 0 Å². The maximum Gasteiger partial charge on any atom is 0.254 e. The summed E-state index contributed by atoms with van der Waals surface area (Å²) >= 11 is 6.02. The summed E-state index contributed by atoms with van der Waals surface area (Å²) in [5.41, 5.74) is 0.0688. The normalized spacial score (nSPS) is 13.9. The van der Waals surface area contributed by atoms with Gasteiger partial charge in [0.05, 0.1) is 11.6 Å². The number of para-hydroxylation sites is 1. The number of halogens is 1. The monoisotopic (exact) mass is 434 g/mol. The number of nitrogens with zero attached hydrogens (tertiary/aromatic N) is 2. The lowest BCUT2D eigenvalue weighted by atomic mass is 10.1. The average Bonchev–Trinajstić information content (AvgIpc) is 2.75. The smallest absolute Gasteiger partial charge is 0.254 e. The second kappa shape index (κ2) is 9.58. The predicted molar refractivity (Wildman–Crippen MR) is 110 cm³/mol. The molecule has 3 N–H and O–H groups in total. The molecule has 0 radical (unpaired) electrons. The number of hydrogen-bond acceptors (Lipinski definition) is 6. The minimum Gasteiger partial charge on any atom is -0.504 e. The van der Waals surface area contributed by atoms with Crippen LogP contribution in [0.5, 0.6) is 23.0 Å². The highest BCUT2D eigenvalue weighted by Crippen LogP contribution is 2.35. The van der Waals surface area contributed by atoms with Crippen LogP contribution in [0.15, 0.2) is 36.4 Å². The summed E-state index contributed by atoms with van der Waals surface area (Å²) in [7, 11) is 0. The molecule has 0 saturated carbocycles. The summed E-state index contributed by atoms with van der Waals surface area (Å²) in [4.78, 5) is 28.2. The molecule has 1 aliphatic rings. The van der Waals surface area contributed by atoms with E-state index in [0.717, 1.165) is 12.1 Å². The molecule has 1 aliphatic heterocycles. The van der Waals surface area contributed by atoms with Gasteiger partial charge in [-0.2, -0.15) is 0 Å². The molecular weight excluding hydrogens is 412 g/mol. The third kappa shape index (κ3) is 5.07. The first kappa shape index (κ1) is 21.6. The van der Waals surface area contributed by atoms with Gasteiger partial charge in [-0.3, -0.25) is 9.59 Å². The van der Waals surface area contributed by atoms with Crippen LogP contribution in [-0.2, 0) is 4.79 Å². The molecule has 9 heteroatoms. The fraction of sp³-hybridized carbons (Fsp3) is 0.333. The molecule has 8 nitrogen and oxygen atoms in total. The molecule has 0 spiro atoms. The van der Waals surface area contributed by atoms with Crippen LogP contribution in [0, 0.1) is 0 Å². The van der Waals surface area contributed by atoms with Crippen LogP contribution in [0.25, 0.3) is 0 Å². The van der Waals surface area contributed by atoms with Gasteiger partial charge in [0.2, 0.25) is 5.91 Å². The van der Waals surface area contributed by atoms with Gasteiger partial charge in [0.25, 0.3) is 5.91 Å². The van der Waals surface area contributed by atoms with Crippen LogP contribution in [0.4, 0.5) is 0 Å². The topological polar surface area (TPSA) is 111 Å². The average molecular weight is 435 g/mol. The van der Waals surface area contributed by atoms with E-state index in [1.807, 2.05) is 12.1 Å². The van der Waals surface area contributed by atoms with E-state index < -0.39 is 17.2 Å². The number of carbonyl (C=O) groups is 2. The highest BCUT2D eigenvalue weighted by Gasteiger charge is 2.25. The Morgan fingerprint density at radius 1 is 0.967 bits per heavy atom. The largest absolute Gasteiger partial charge is 0.504 e. The summed E-state index contributed by atoms with van der Waals surface area (Å²) < 4.78 is 5.59. The lowest BCUT2D eigenvalue weighted by Crippen LogP contribution is -2.50. The van der Waals surface area contributed by atoms with E-state index in [4.69, 9.17) is 16.3 Å². The van der Waals surface area contributed by atoms with Crippen molar-refractivity contribution in [1.29, 1.82) is 0 Å². The van der Waals surface area contributed by atoms with Crippen molar-refractivity contribution in [3.8, 4) is 23.0 Å². The molecule has 2 aromatic carbocycles. The molecule has 0 unspecified atom stereocenters. The molecule has 1 fully saturated rings. The molecule has 2 aromatic rings. The van der Waals surface area contributed by atoms with Crippen molar-refractivity contribution in [1.82, 2.24) is 9.80 Å². The second-order valence-corrected chi connectivity index (χ2v) is 7.33. The third-order valence-corrected chi connectivity index (χ3v) is 5.18. The predicted octanol–water partition coefficient (Wildman–Crippen LogP) is 2.60. The quantitative estimate of drug-likeness (QED) is 0.476. The van der Waals surface area contributed by atoms with E-state index in [2.05, 4.69) is 0 Å². The molecule has 0 aliphatic carbocycles. The highest BCUT2D eigenvalue weighted by molar-refractivity contribution is 6.32. The van der Waals surface area contributed by atoms with Gasteiger partial charge in [-0.15, -0.1) is 0 Å². The molecule has 1 heterocycles. The summed E-state index contributed by atoms with van der Waals surface area (Å²) in [6, 6.07) is 9.36. The zero-order chi connectivity index (χ0) is 21.7. The second-order valence-electron chi connectivity index (χ2n) is 6.92. The number of carbonyl (C=O) groups excluding carboxylic acids is 2. The Labute approximate surface area is 178 Å². The first-order valence-corrected chi connectivity index (χ1v) is 9.94. The van der Waals surface area contributed by atoms with E-state index in [-0.39, 0.29) is 17.4 Å². The Bertz CT molecular complexity index is 904. The Kier molecular flexibility index (Phi) is 6.89. The minimum atomic E-state index is -0.666. The van der Waals surface area contributed by atoms with Crippen molar-refractivity contribution in [3.63, 3.8) is 0 Å². The van der Waals surface area contributed by atoms with Gasteiger partial charge in [-0.1, -0.05) is 23.7 Å². The number of aromatic hydroxyl groups is 3. The van der Waals surface area contributed by atoms with E-state index in [1.54, 1.807) is 17.0 Å². The van der Waals surface area contributed by atoms with Crippen molar-refractivity contribution >= 4 is 23.4 Å². The lowest BCUT2D eigenvalue weighted by Gasteiger charge is -2.35. The molecule has 2 amide bonds. The van der Waals surface area contributed by atoms with Gasteiger partial charge in [0.1, 0.15) is 5.75 Å². The first-order chi connectivity index (χ1) is 14.4. The molecule has 160 valence electrons. The van der Waals surface area contributed by atoms with Gasteiger partial charge < -0.3 is 29.9 Å². The zero-order valence-electron chi connectivity index (χ0n) is 16.3. The Hall–Kier alpha value is -3.13. The van der Waals surface area contributed by atoms with Gasteiger partial charge in [0, 0.05) is 38.2 Å². The molecule has 3 rings (SSSR count). The van der Waals surface area contributed by atoms with Crippen molar-refractivity contribution in [3.05, 3.63) is 47.0 Å². The van der Waals surface area contributed by atoms with Gasteiger partial charge >= 0.3 is 0 Å². The van der Waals surface area contributed by atoms with Crippen molar-refractivity contribution in [2.24, 2.45) is 0 Å². The summed E-state index contributed by atoms with van der Waals surface area (Å²) in [6.45, 7) is 1.84. The number of rotatable bonds is 6. The van der Waals surface area contributed by atoms with Crippen LogP contribution in [0.2, 0.25) is 5.02 Å². The van der Waals surface area contributed by atoms with Crippen LogP contribution in [0.1, 0.15) is 23.2 Å².